The van der Waals surface area contributed by atoms with E-state index in [1.54, 1.807) is 0 Å². The molecule has 4 atom stereocenters. The summed E-state index contributed by atoms with van der Waals surface area (Å²) >= 11 is 0. The predicted octanol–water partition coefficient (Wildman–Crippen LogP) is -0.787. The number of methoxy groups -OCH3 is 1. The second-order valence-electron chi connectivity index (χ2n) is 3.65. The highest BCUT2D eigenvalue weighted by molar-refractivity contribution is 5.67. The molecule has 17 heavy (non-hydrogen) atoms. The van der Waals surface area contributed by atoms with Crippen molar-refractivity contribution >= 4 is 11.9 Å². The first-order valence-corrected chi connectivity index (χ1v) is 5.12. The molecule has 0 aromatic rings. The van der Waals surface area contributed by atoms with Crippen LogP contribution in [0.4, 0.5) is 0 Å². The Labute approximate surface area is 98.6 Å². The molecule has 1 aliphatic rings. The topological polar surface area (TPSA) is 91.3 Å². The van der Waals surface area contributed by atoms with Crippen LogP contribution in [-0.2, 0) is 28.5 Å². The summed E-state index contributed by atoms with van der Waals surface area (Å²) in [6, 6.07) is 0. The molecule has 0 aliphatic carbocycles. The zero-order chi connectivity index (χ0) is 13.0. The first-order chi connectivity index (χ1) is 7.95. The van der Waals surface area contributed by atoms with Gasteiger partial charge in [-0.2, -0.15) is 0 Å². The molecule has 7 nitrogen and oxygen atoms in total. The lowest BCUT2D eigenvalue weighted by Gasteiger charge is -2.38. The normalized spacial score (nSPS) is 32.9. The molecule has 0 aromatic heterocycles. The monoisotopic (exact) mass is 248 g/mol. The fraction of sp³-hybridized carbons (Fsp3) is 0.800. The number of carbonyl (C=O) groups is 2. The highest BCUT2D eigenvalue weighted by Crippen LogP contribution is 2.22. The largest absolute Gasteiger partial charge is 0.457 e. The Kier molecular flexibility index (Phi) is 4.86. The summed E-state index contributed by atoms with van der Waals surface area (Å²) in [6.45, 7) is 2.44. The summed E-state index contributed by atoms with van der Waals surface area (Å²) in [5.41, 5.74) is 0. The van der Waals surface area contributed by atoms with E-state index in [4.69, 9.17) is 18.9 Å². The summed E-state index contributed by atoms with van der Waals surface area (Å²) in [6.07, 6.45) is -3.79. The second-order valence-corrected chi connectivity index (χ2v) is 3.65. The minimum atomic E-state index is -1.30. The molecule has 0 amide bonds. The maximum atomic E-state index is 10.9. The minimum absolute atomic E-state index is 0.0168. The van der Waals surface area contributed by atoms with E-state index in [0.717, 1.165) is 0 Å². The van der Waals surface area contributed by atoms with Crippen molar-refractivity contribution in [2.75, 3.05) is 13.7 Å². The van der Waals surface area contributed by atoms with E-state index in [-0.39, 0.29) is 6.61 Å². The molecular weight excluding hydrogens is 232 g/mol. The summed E-state index contributed by atoms with van der Waals surface area (Å²) in [5, 5.41) is 9.55. The molecule has 0 aromatic carbocycles. The van der Waals surface area contributed by atoms with Crippen LogP contribution in [0.5, 0.6) is 0 Å². The minimum Gasteiger partial charge on any atom is -0.457 e. The third-order valence-corrected chi connectivity index (χ3v) is 2.29. The van der Waals surface area contributed by atoms with Crippen molar-refractivity contribution in [3.63, 3.8) is 0 Å². The third kappa shape index (κ3) is 3.65. The third-order valence-electron chi connectivity index (χ3n) is 2.29. The van der Waals surface area contributed by atoms with Gasteiger partial charge in [0.1, 0.15) is 6.10 Å². The Balaban J connectivity index is 2.76. The Morgan fingerprint density at radius 1 is 1.18 bits per heavy atom. The standard InChI is InChI=1S/C10H16O7/c1-5(11)16-7-4-15-10(13)9(8(7)14-3)17-6(2)12/h7-10,13H,4H2,1-3H3. The quantitative estimate of drug-likeness (QED) is 0.654. The SMILES string of the molecule is COC1C(OC(C)=O)COC(O)C1OC(C)=O. The number of carbonyl (C=O) groups excluding carboxylic acids is 2. The van der Waals surface area contributed by atoms with E-state index in [1.165, 1.54) is 21.0 Å². The van der Waals surface area contributed by atoms with E-state index in [9.17, 15) is 14.7 Å². The summed E-state index contributed by atoms with van der Waals surface area (Å²) < 4.78 is 19.9. The molecule has 1 rings (SSSR count). The molecule has 0 spiro atoms. The number of esters is 2. The van der Waals surface area contributed by atoms with Crippen LogP contribution in [0.25, 0.3) is 0 Å². The van der Waals surface area contributed by atoms with Crippen LogP contribution in [0.3, 0.4) is 0 Å². The molecule has 0 radical (unpaired) electrons. The molecule has 0 saturated carbocycles. The van der Waals surface area contributed by atoms with Crippen molar-refractivity contribution in [2.24, 2.45) is 0 Å². The van der Waals surface area contributed by atoms with Gasteiger partial charge in [-0.3, -0.25) is 9.59 Å². The second kappa shape index (κ2) is 5.95. The first-order valence-electron chi connectivity index (χ1n) is 5.12. The van der Waals surface area contributed by atoms with Gasteiger partial charge in [-0.1, -0.05) is 0 Å². The first kappa shape index (κ1) is 13.9. The van der Waals surface area contributed by atoms with Gasteiger partial charge in [-0.15, -0.1) is 0 Å². The number of ether oxygens (including phenoxy) is 4. The van der Waals surface area contributed by atoms with Crippen molar-refractivity contribution in [3.05, 3.63) is 0 Å². The summed E-state index contributed by atoms with van der Waals surface area (Å²) in [7, 11) is 1.37. The van der Waals surface area contributed by atoms with Crippen molar-refractivity contribution in [3.8, 4) is 0 Å². The number of aliphatic hydroxyl groups excluding tert-OH is 1. The van der Waals surface area contributed by atoms with Gasteiger partial charge in [-0.25, -0.2) is 0 Å². The molecule has 1 N–H and O–H groups in total. The fourth-order valence-corrected chi connectivity index (χ4v) is 1.67. The van der Waals surface area contributed by atoms with Crippen LogP contribution in [0.15, 0.2) is 0 Å². The van der Waals surface area contributed by atoms with Crippen molar-refractivity contribution in [1.29, 1.82) is 0 Å². The zero-order valence-corrected chi connectivity index (χ0v) is 9.91. The Hall–Kier alpha value is -1.18. The Bertz CT molecular complexity index is 290. The average molecular weight is 248 g/mol. The fourth-order valence-electron chi connectivity index (χ4n) is 1.67. The van der Waals surface area contributed by atoms with Crippen LogP contribution >= 0.6 is 0 Å². The predicted molar refractivity (Wildman–Crippen MR) is 53.9 cm³/mol. The number of aliphatic hydroxyl groups is 1. The Morgan fingerprint density at radius 2 is 1.76 bits per heavy atom. The molecule has 0 bridgehead atoms. The lowest BCUT2D eigenvalue weighted by molar-refractivity contribution is -0.267. The van der Waals surface area contributed by atoms with Gasteiger partial charge in [0.05, 0.1) is 6.61 Å². The molecule has 7 heteroatoms. The van der Waals surface area contributed by atoms with Gasteiger partial charge in [0, 0.05) is 21.0 Å². The van der Waals surface area contributed by atoms with Crippen LogP contribution in [0, 0.1) is 0 Å². The molecular formula is C10H16O7. The van der Waals surface area contributed by atoms with Crippen LogP contribution in [0.2, 0.25) is 0 Å². The summed E-state index contributed by atoms with van der Waals surface area (Å²) in [4.78, 5) is 21.8. The lowest BCUT2D eigenvalue weighted by atomic mass is 10.0. The summed E-state index contributed by atoms with van der Waals surface area (Å²) in [5.74, 6) is -1.08. The van der Waals surface area contributed by atoms with Gasteiger partial charge >= 0.3 is 11.9 Å². The van der Waals surface area contributed by atoms with Crippen molar-refractivity contribution in [2.45, 2.75) is 38.4 Å². The van der Waals surface area contributed by atoms with E-state index in [2.05, 4.69) is 0 Å². The van der Waals surface area contributed by atoms with Crippen LogP contribution in [-0.4, -0.2) is 55.4 Å². The highest BCUT2D eigenvalue weighted by atomic mass is 16.7. The van der Waals surface area contributed by atoms with E-state index in [1.807, 2.05) is 0 Å². The average Bonchev–Trinajstić information content (AvgIpc) is 2.22. The van der Waals surface area contributed by atoms with Crippen LogP contribution in [0.1, 0.15) is 13.8 Å². The van der Waals surface area contributed by atoms with E-state index in [0.29, 0.717) is 0 Å². The van der Waals surface area contributed by atoms with Crippen molar-refractivity contribution in [1.82, 2.24) is 0 Å². The molecule has 1 fully saturated rings. The maximum absolute atomic E-state index is 10.9. The van der Waals surface area contributed by atoms with Gasteiger partial charge in [0.2, 0.25) is 0 Å². The number of rotatable bonds is 3. The highest BCUT2D eigenvalue weighted by Gasteiger charge is 2.44. The zero-order valence-electron chi connectivity index (χ0n) is 9.91. The van der Waals surface area contributed by atoms with Gasteiger partial charge < -0.3 is 24.1 Å². The maximum Gasteiger partial charge on any atom is 0.303 e. The molecule has 4 unspecified atom stereocenters. The van der Waals surface area contributed by atoms with Gasteiger partial charge in [0.25, 0.3) is 0 Å². The van der Waals surface area contributed by atoms with E-state index < -0.39 is 36.5 Å². The van der Waals surface area contributed by atoms with E-state index >= 15 is 0 Å². The lowest BCUT2D eigenvalue weighted by Crippen LogP contribution is -2.56. The molecule has 1 heterocycles. The Morgan fingerprint density at radius 3 is 2.24 bits per heavy atom. The molecule has 1 saturated heterocycles. The number of hydrogen-bond donors (Lipinski definition) is 1. The number of hydrogen-bond acceptors (Lipinski definition) is 7. The molecule has 1 aliphatic heterocycles. The van der Waals surface area contributed by atoms with Crippen LogP contribution < -0.4 is 0 Å². The van der Waals surface area contributed by atoms with Gasteiger partial charge in [-0.05, 0) is 0 Å². The smallest absolute Gasteiger partial charge is 0.303 e. The molecule has 98 valence electrons. The van der Waals surface area contributed by atoms with Crippen molar-refractivity contribution < 1.29 is 33.6 Å². The van der Waals surface area contributed by atoms with Gasteiger partial charge in [0.15, 0.2) is 18.5 Å².